The zero-order valence-corrected chi connectivity index (χ0v) is 13.6. The number of unbranched alkanes of at least 4 members (excludes halogenated alkanes) is 1. The third kappa shape index (κ3) is 6.17. The summed E-state index contributed by atoms with van der Waals surface area (Å²) in [6, 6.07) is 6.40. The number of hydrogen-bond donors (Lipinski definition) is 2. The van der Waals surface area contributed by atoms with Crippen molar-refractivity contribution in [1.82, 2.24) is 5.32 Å². The van der Waals surface area contributed by atoms with Gasteiger partial charge in [-0.1, -0.05) is 38.0 Å². The quantitative estimate of drug-likeness (QED) is 0.651. The summed E-state index contributed by atoms with van der Waals surface area (Å²) in [7, 11) is 0. The van der Waals surface area contributed by atoms with Gasteiger partial charge in [0.25, 0.3) is 0 Å². The zero-order chi connectivity index (χ0) is 15.7. The number of benzene rings is 1. The van der Waals surface area contributed by atoms with Crippen LogP contribution in [0.3, 0.4) is 0 Å². The third-order valence-corrected chi connectivity index (χ3v) is 3.45. The maximum absolute atomic E-state index is 11.3. The predicted molar refractivity (Wildman–Crippen MR) is 89.5 cm³/mol. The molecule has 3 N–H and O–H groups in total. The Labute approximate surface area is 128 Å². The fourth-order valence-electron chi connectivity index (χ4n) is 2.39. The van der Waals surface area contributed by atoms with Crippen LogP contribution in [0.15, 0.2) is 18.2 Å². The molecule has 0 bridgehead atoms. The molecule has 0 spiro atoms. The number of nitrogens with one attached hydrogen (secondary N) is 1. The lowest BCUT2D eigenvalue weighted by Crippen LogP contribution is -2.35. The van der Waals surface area contributed by atoms with Crippen LogP contribution in [0.5, 0.6) is 0 Å². The summed E-state index contributed by atoms with van der Waals surface area (Å²) < 4.78 is 0. The van der Waals surface area contributed by atoms with Crippen LogP contribution >= 0.6 is 0 Å². The summed E-state index contributed by atoms with van der Waals surface area (Å²) >= 11 is 0. The minimum absolute atomic E-state index is 0.279. The molecule has 0 heterocycles. The summed E-state index contributed by atoms with van der Waals surface area (Å²) in [6.07, 6.45) is 3.27. The minimum Gasteiger partial charge on any atom is -0.368 e. The monoisotopic (exact) mass is 291 g/mol. The second-order valence-electron chi connectivity index (χ2n) is 5.55. The van der Waals surface area contributed by atoms with Gasteiger partial charge in [-0.3, -0.25) is 4.79 Å². The van der Waals surface area contributed by atoms with Gasteiger partial charge in [0.05, 0.1) is 6.54 Å². The van der Waals surface area contributed by atoms with E-state index < -0.39 is 0 Å². The average molecular weight is 291 g/mol. The van der Waals surface area contributed by atoms with Crippen molar-refractivity contribution in [3.63, 3.8) is 0 Å². The number of carbonyl (C=O) groups is 1. The highest BCUT2D eigenvalue weighted by Gasteiger charge is 2.13. The molecule has 0 aliphatic carbocycles. The minimum atomic E-state index is -0.279. The number of hydrogen-bond acceptors (Lipinski definition) is 3. The van der Waals surface area contributed by atoms with E-state index in [-0.39, 0.29) is 12.5 Å². The molecule has 0 atom stereocenters. The Balaban J connectivity index is 2.95. The Hall–Kier alpha value is -1.55. The standard InChI is InChI=1S/C17H29N3O/c1-4-6-10-20(13-17(18)21)16-8-7-14(3)11-15(16)12-19-9-5-2/h7-8,11,19H,4-6,9-10,12-13H2,1-3H3,(H2,18,21). The topological polar surface area (TPSA) is 58.4 Å². The number of rotatable bonds is 10. The highest BCUT2D eigenvalue weighted by Crippen LogP contribution is 2.22. The van der Waals surface area contributed by atoms with Crippen LogP contribution < -0.4 is 16.0 Å². The molecule has 1 aromatic carbocycles. The van der Waals surface area contributed by atoms with E-state index in [0.29, 0.717) is 0 Å². The molecule has 0 saturated heterocycles. The Kier molecular flexibility index (Phi) is 7.83. The van der Waals surface area contributed by atoms with E-state index >= 15 is 0 Å². The largest absolute Gasteiger partial charge is 0.368 e. The molecule has 0 aromatic heterocycles. The van der Waals surface area contributed by atoms with E-state index in [1.165, 1.54) is 11.1 Å². The van der Waals surface area contributed by atoms with Gasteiger partial charge in [-0.25, -0.2) is 0 Å². The molecule has 0 radical (unpaired) electrons. The van der Waals surface area contributed by atoms with Gasteiger partial charge in [0, 0.05) is 18.8 Å². The molecule has 1 aromatic rings. The molecule has 21 heavy (non-hydrogen) atoms. The SMILES string of the molecule is CCCCN(CC(N)=O)c1ccc(C)cc1CNCCC. The van der Waals surface area contributed by atoms with E-state index in [0.717, 1.165) is 44.6 Å². The molecular formula is C17H29N3O. The number of aryl methyl sites for hydroxylation is 1. The molecule has 1 rings (SSSR count). The second-order valence-corrected chi connectivity index (χ2v) is 5.55. The molecule has 4 nitrogen and oxygen atoms in total. The average Bonchev–Trinajstić information content (AvgIpc) is 2.44. The van der Waals surface area contributed by atoms with E-state index in [4.69, 9.17) is 5.73 Å². The number of primary amides is 1. The highest BCUT2D eigenvalue weighted by atomic mass is 16.1. The normalized spacial score (nSPS) is 10.6. The maximum atomic E-state index is 11.3. The first-order valence-electron chi connectivity index (χ1n) is 7.92. The fraction of sp³-hybridized carbons (Fsp3) is 0.588. The molecule has 1 amide bonds. The number of anilines is 1. The molecule has 0 saturated carbocycles. The lowest BCUT2D eigenvalue weighted by molar-refractivity contribution is -0.116. The zero-order valence-electron chi connectivity index (χ0n) is 13.6. The lowest BCUT2D eigenvalue weighted by atomic mass is 10.1. The Morgan fingerprint density at radius 1 is 1.29 bits per heavy atom. The first-order valence-corrected chi connectivity index (χ1v) is 7.92. The number of nitrogens with zero attached hydrogens (tertiary/aromatic N) is 1. The summed E-state index contributed by atoms with van der Waals surface area (Å²) in [6.45, 7) is 9.38. The first kappa shape index (κ1) is 17.5. The van der Waals surface area contributed by atoms with Crippen LogP contribution in [0.25, 0.3) is 0 Å². The third-order valence-electron chi connectivity index (χ3n) is 3.45. The van der Waals surface area contributed by atoms with Crippen LogP contribution in [-0.4, -0.2) is 25.5 Å². The van der Waals surface area contributed by atoms with Crippen LogP contribution in [0.4, 0.5) is 5.69 Å². The smallest absolute Gasteiger partial charge is 0.236 e. The summed E-state index contributed by atoms with van der Waals surface area (Å²) in [5.41, 5.74) is 9.00. The molecular weight excluding hydrogens is 262 g/mol. The van der Waals surface area contributed by atoms with Gasteiger partial charge in [0.1, 0.15) is 0 Å². The predicted octanol–water partition coefficient (Wildman–Crippen LogP) is 2.59. The number of nitrogens with two attached hydrogens (primary N) is 1. The van der Waals surface area contributed by atoms with Crippen molar-refractivity contribution in [3.8, 4) is 0 Å². The van der Waals surface area contributed by atoms with Crippen molar-refractivity contribution >= 4 is 11.6 Å². The van der Waals surface area contributed by atoms with Gasteiger partial charge in [0.2, 0.25) is 5.91 Å². The highest BCUT2D eigenvalue weighted by molar-refractivity contribution is 5.80. The van der Waals surface area contributed by atoms with Crippen LogP contribution in [0.1, 0.15) is 44.2 Å². The first-order chi connectivity index (χ1) is 10.1. The number of carbonyl (C=O) groups excluding carboxylic acids is 1. The fourth-order valence-corrected chi connectivity index (χ4v) is 2.39. The van der Waals surface area contributed by atoms with Crippen molar-refractivity contribution in [1.29, 1.82) is 0 Å². The molecule has 0 aliphatic rings. The number of amides is 1. The van der Waals surface area contributed by atoms with Crippen molar-refractivity contribution in [3.05, 3.63) is 29.3 Å². The van der Waals surface area contributed by atoms with E-state index in [9.17, 15) is 4.79 Å². The molecule has 0 aliphatic heterocycles. The Morgan fingerprint density at radius 2 is 2.05 bits per heavy atom. The van der Waals surface area contributed by atoms with E-state index in [1.807, 2.05) is 0 Å². The second kappa shape index (κ2) is 9.40. The lowest BCUT2D eigenvalue weighted by Gasteiger charge is -2.26. The van der Waals surface area contributed by atoms with E-state index in [1.54, 1.807) is 0 Å². The van der Waals surface area contributed by atoms with Gasteiger partial charge in [-0.05, 0) is 37.9 Å². The van der Waals surface area contributed by atoms with E-state index in [2.05, 4.69) is 49.2 Å². The summed E-state index contributed by atoms with van der Waals surface area (Å²) in [5, 5.41) is 3.44. The molecule has 118 valence electrons. The maximum Gasteiger partial charge on any atom is 0.236 e. The summed E-state index contributed by atoms with van der Waals surface area (Å²) in [5.74, 6) is -0.279. The van der Waals surface area contributed by atoms with Crippen molar-refractivity contribution in [2.75, 3.05) is 24.5 Å². The van der Waals surface area contributed by atoms with Crippen molar-refractivity contribution in [2.24, 2.45) is 5.73 Å². The molecule has 0 unspecified atom stereocenters. The van der Waals surface area contributed by atoms with Gasteiger partial charge in [-0.2, -0.15) is 0 Å². The molecule has 0 fully saturated rings. The Bertz CT molecular complexity index is 446. The Morgan fingerprint density at radius 3 is 2.67 bits per heavy atom. The molecule has 4 heteroatoms. The summed E-state index contributed by atoms with van der Waals surface area (Å²) in [4.78, 5) is 13.5. The van der Waals surface area contributed by atoms with Gasteiger partial charge >= 0.3 is 0 Å². The van der Waals surface area contributed by atoms with Gasteiger partial charge in [0.15, 0.2) is 0 Å². The van der Waals surface area contributed by atoms with Crippen molar-refractivity contribution in [2.45, 2.75) is 46.6 Å². The van der Waals surface area contributed by atoms with Crippen molar-refractivity contribution < 1.29 is 4.79 Å². The van der Waals surface area contributed by atoms with Gasteiger partial charge < -0.3 is 16.0 Å². The van der Waals surface area contributed by atoms with Crippen LogP contribution in [0, 0.1) is 6.92 Å². The van der Waals surface area contributed by atoms with Crippen LogP contribution in [0.2, 0.25) is 0 Å². The van der Waals surface area contributed by atoms with Gasteiger partial charge in [-0.15, -0.1) is 0 Å². The van der Waals surface area contributed by atoms with Crippen LogP contribution in [-0.2, 0) is 11.3 Å².